The third-order valence-electron chi connectivity index (χ3n) is 7.73. The highest BCUT2D eigenvalue weighted by Crippen LogP contribution is 2.41. The molecule has 4 rings (SSSR count). The molecular weight excluding hydrogens is 490 g/mol. The fourth-order valence-electron chi connectivity index (χ4n) is 5.35. The fraction of sp³-hybridized carbons (Fsp3) is 0.483. The minimum Gasteiger partial charge on any atom is -0.497 e. The molecule has 9 heteroatoms. The highest BCUT2D eigenvalue weighted by Gasteiger charge is 2.34. The van der Waals surface area contributed by atoms with Gasteiger partial charge in [-0.05, 0) is 74.5 Å². The molecular formula is C29H38F2N4O3. The van der Waals surface area contributed by atoms with Crippen molar-refractivity contribution in [1.29, 1.82) is 0 Å². The minimum absolute atomic E-state index is 0.0693. The Hall–Kier alpha value is -3.01. The molecule has 3 aromatic rings. The zero-order chi connectivity index (χ0) is 27.3. The van der Waals surface area contributed by atoms with Crippen LogP contribution in [0, 0.1) is 17.0 Å². The number of hydrogen-bond donors (Lipinski definition) is 3. The highest BCUT2D eigenvalue weighted by atomic mass is 19.1. The summed E-state index contributed by atoms with van der Waals surface area (Å²) in [5, 5.41) is 25.7. The molecule has 1 aliphatic rings. The number of rotatable bonds is 11. The quantitative estimate of drug-likeness (QED) is 0.336. The molecule has 0 saturated carbocycles. The molecule has 0 radical (unpaired) electrons. The van der Waals surface area contributed by atoms with Gasteiger partial charge in [-0.2, -0.15) is 0 Å². The molecule has 1 aromatic heterocycles. The zero-order valence-electron chi connectivity index (χ0n) is 22.4. The molecule has 0 bridgehead atoms. The second-order valence-electron chi connectivity index (χ2n) is 10.5. The van der Waals surface area contributed by atoms with E-state index in [9.17, 15) is 19.0 Å². The van der Waals surface area contributed by atoms with E-state index in [-0.39, 0.29) is 12.0 Å². The van der Waals surface area contributed by atoms with E-state index >= 15 is 0 Å². The van der Waals surface area contributed by atoms with E-state index in [0.29, 0.717) is 30.8 Å². The van der Waals surface area contributed by atoms with Gasteiger partial charge in [0.05, 0.1) is 30.6 Å². The summed E-state index contributed by atoms with van der Waals surface area (Å²) in [5.41, 5.74) is 2.65. The maximum absolute atomic E-state index is 13.4. The zero-order valence-corrected chi connectivity index (χ0v) is 22.4. The average Bonchev–Trinajstić information content (AvgIpc) is 2.91. The van der Waals surface area contributed by atoms with Crippen molar-refractivity contribution in [3.05, 3.63) is 59.8 Å². The summed E-state index contributed by atoms with van der Waals surface area (Å²) < 4.78 is 32.2. The van der Waals surface area contributed by atoms with Crippen molar-refractivity contribution >= 4 is 22.3 Å². The predicted octanol–water partition coefficient (Wildman–Crippen LogP) is 4.59. The largest absolute Gasteiger partial charge is 0.497 e. The Morgan fingerprint density at radius 1 is 1.13 bits per heavy atom. The first-order valence-corrected chi connectivity index (χ1v) is 13.1. The normalized spacial score (nSPS) is 16.4. The smallest absolute Gasteiger partial charge is 0.128 e. The van der Waals surface area contributed by atoms with Crippen molar-refractivity contribution in [3.8, 4) is 5.75 Å². The highest BCUT2D eigenvalue weighted by molar-refractivity contribution is 5.88. The standard InChI is InChI=1S/C29H38F2N4O3/c1-34(2)26-18-33-25-5-4-23(38-3)17-24(25)28(26)27(37)6-7-29(19-36)8-11-35(12-9-29)13-10-32-22-15-20(30)14-21(31)16-22/h4-5,14-18,27,32,36-37H,6-13,19H2,1-3H3. The van der Waals surface area contributed by atoms with E-state index in [0.717, 1.165) is 60.7 Å². The number of benzene rings is 2. The number of ether oxygens (including phenoxy) is 1. The van der Waals surface area contributed by atoms with Gasteiger partial charge in [-0.15, -0.1) is 0 Å². The maximum atomic E-state index is 13.4. The lowest BCUT2D eigenvalue weighted by atomic mass is 9.74. The second-order valence-corrected chi connectivity index (χ2v) is 10.5. The molecule has 2 heterocycles. The number of aromatic nitrogens is 1. The monoisotopic (exact) mass is 528 g/mol. The molecule has 0 aliphatic carbocycles. The number of anilines is 2. The van der Waals surface area contributed by atoms with Gasteiger partial charge in [0.25, 0.3) is 0 Å². The summed E-state index contributed by atoms with van der Waals surface area (Å²) in [6.45, 7) is 3.00. The summed E-state index contributed by atoms with van der Waals surface area (Å²) in [6.07, 6.45) is 3.92. The van der Waals surface area contributed by atoms with Crippen LogP contribution in [0.4, 0.5) is 20.2 Å². The van der Waals surface area contributed by atoms with Gasteiger partial charge >= 0.3 is 0 Å². The van der Waals surface area contributed by atoms with Crippen LogP contribution in [0.1, 0.15) is 37.4 Å². The maximum Gasteiger partial charge on any atom is 0.128 e. The Kier molecular flexibility index (Phi) is 9.02. The van der Waals surface area contributed by atoms with Gasteiger partial charge in [-0.25, -0.2) is 8.78 Å². The second kappa shape index (κ2) is 12.2. The molecule has 2 aromatic carbocycles. The summed E-state index contributed by atoms with van der Waals surface area (Å²) in [5.74, 6) is -0.492. The molecule has 206 valence electrons. The Balaban J connectivity index is 1.37. The van der Waals surface area contributed by atoms with Crippen LogP contribution in [0.5, 0.6) is 5.75 Å². The number of aliphatic hydroxyl groups excluding tert-OH is 2. The Bertz CT molecular complexity index is 1210. The first kappa shape index (κ1) is 28.0. The Morgan fingerprint density at radius 3 is 2.47 bits per heavy atom. The van der Waals surface area contributed by atoms with Crippen LogP contribution in [0.2, 0.25) is 0 Å². The third-order valence-corrected chi connectivity index (χ3v) is 7.73. The van der Waals surface area contributed by atoms with Gasteiger partial charge in [0.15, 0.2) is 0 Å². The van der Waals surface area contributed by atoms with E-state index in [1.54, 1.807) is 13.3 Å². The molecule has 0 spiro atoms. The molecule has 1 atom stereocenters. The van der Waals surface area contributed by atoms with Gasteiger partial charge in [0.2, 0.25) is 0 Å². The Labute approximate surface area is 223 Å². The molecule has 38 heavy (non-hydrogen) atoms. The summed E-state index contributed by atoms with van der Waals surface area (Å²) >= 11 is 0. The van der Waals surface area contributed by atoms with Gasteiger partial charge in [0.1, 0.15) is 17.4 Å². The number of nitrogens with one attached hydrogen (secondary N) is 1. The van der Waals surface area contributed by atoms with Crippen molar-refractivity contribution in [1.82, 2.24) is 9.88 Å². The molecule has 1 aliphatic heterocycles. The topological polar surface area (TPSA) is 81.1 Å². The van der Waals surface area contributed by atoms with E-state index in [1.165, 1.54) is 12.1 Å². The molecule has 1 unspecified atom stereocenters. The first-order chi connectivity index (χ1) is 18.2. The lowest BCUT2D eigenvalue weighted by molar-refractivity contribution is 0.0248. The van der Waals surface area contributed by atoms with Crippen molar-refractivity contribution in [3.63, 3.8) is 0 Å². The lowest BCUT2D eigenvalue weighted by Crippen LogP contribution is -2.43. The summed E-state index contributed by atoms with van der Waals surface area (Å²) in [6, 6.07) is 9.10. The number of nitrogens with zero attached hydrogens (tertiary/aromatic N) is 3. The van der Waals surface area contributed by atoms with Crippen LogP contribution in [-0.2, 0) is 0 Å². The molecule has 1 saturated heterocycles. The lowest BCUT2D eigenvalue weighted by Gasteiger charge is -2.41. The van der Waals surface area contributed by atoms with E-state index < -0.39 is 17.7 Å². The molecule has 7 nitrogen and oxygen atoms in total. The van der Waals surface area contributed by atoms with Crippen LogP contribution in [0.15, 0.2) is 42.6 Å². The van der Waals surface area contributed by atoms with Crippen LogP contribution >= 0.6 is 0 Å². The molecule has 1 fully saturated rings. The van der Waals surface area contributed by atoms with Gasteiger partial charge < -0.3 is 30.1 Å². The van der Waals surface area contributed by atoms with Crippen LogP contribution in [0.3, 0.4) is 0 Å². The van der Waals surface area contributed by atoms with Crippen molar-refractivity contribution < 1.29 is 23.7 Å². The number of likely N-dealkylation sites (tertiary alicyclic amines) is 1. The SMILES string of the molecule is COc1ccc2ncc(N(C)C)c(C(O)CCC3(CO)CCN(CCNc4cc(F)cc(F)c4)CC3)c2c1. The number of fused-ring (bicyclic) bond motifs is 1. The number of methoxy groups -OCH3 is 1. The molecule has 3 N–H and O–H groups in total. The predicted molar refractivity (Wildman–Crippen MR) is 147 cm³/mol. The summed E-state index contributed by atoms with van der Waals surface area (Å²) in [4.78, 5) is 8.81. The molecule has 0 amide bonds. The average molecular weight is 529 g/mol. The number of aliphatic hydroxyl groups is 2. The minimum atomic E-state index is -0.720. The van der Waals surface area contributed by atoms with Crippen LogP contribution in [-0.4, -0.2) is 74.1 Å². The van der Waals surface area contributed by atoms with E-state index in [4.69, 9.17) is 4.74 Å². The van der Waals surface area contributed by atoms with Crippen molar-refractivity contribution in [2.45, 2.75) is 31.8 Å². The first-order valence-electron chi connectivity index (χ1n) is 13.1. The number of piperidine rings is 1. The Morgan fingerprint density at radius 2 is 1.84 bits per heavy atom. The van der Waals surface area contributed by atoms with Crippen molar-refractivity contribution in [2.24, 2.45) is 5.41 Å². The van der Waals surface area contributed by atoms with E-state index in [1.807, 2.05) is 37.2 Å². The van der Waals surface area contributed by atoms with Gasteiger partial charge in [-0.1, -0.05) is 0 Å². The van der Waals surface area contributed by atoms with Crippen LogP contribution < -0.4 is 15.0 Å². The fourth-order valence-corrected chi connectivity index (χ4v) is 5.35. The van der Waals surface area contributed by atoms with Crippen molar-refractivity contribution in [2.75, 3.05) is 64.2 Å². The summed E-state index contributed by atoms with van der Waals surface area (Å²) in [7, 11) is 5.49. The third kappa shape index (κ3) is 6.51. The van der Waals surface area contributed by atoms with E-state index in [2.05, 4.69) is 15.2 Å². The number of hydrogen-bond acceptors (Lipinski definition) is 7. The van der Waals surface area contributed by atoms with Crippen LogP contribution in [0.25, 0.3) is 10.9 Å². The number of halogens is 2. The van der Waals surface area contributed by atoms with Gasteiger partial charge in [-0.3, -0.25) is 4.98 Å². The number of pyridine rings is 1. The van der Waals surface area contributed by atoms with Gasteiger partial charge in [0, 0.05) is 56.5 Å².